The first-order valence-corrected chi connectivity index (χ1v) is 5.81. The molecule has 92 valence electrons. The van der Waals surface area contributed by atoms with Gasteiger partial charge in [-0.1, -0.05) is 36.1 Å². The Labute approximate surface area is 109 Å². The molecule has 0 aliphatic rings. The third kappa shape index (κ3) is 1.49. The summed E-state index contributed by atoms with van der Waals surface area (Å²) in [7, 11) is 1.52. The standard InChI is InChI=1S/C15H10N2O2/c1-19-12-8-4-7-11-13(12)14(17-16)9-5-2-3-6-10(9)15(11)18/h2-8H,1H3. The van der Waals surface area contributed by atoms with E-state index in [1.54, 1.807) is 42.5 Å². The van der Waals surface area contributed by atoms with Crippen LogP contribution in [0.25, 0.3) is 26.5 Å². The van der Waals surface area contributed by atoms with Gasteiger partial charge in [-0.2, -0.15) is 0 Å². The molecule has 0 aromatic heterocycles. The molecule has 4 nitrogen and oxygen atoms in total. The van der Waals surface area contributed by atoms with Crippen molar-refractivity contribution in [2.75, 3.05) is 7.11 Å². The van der Waals surface area contributed by atoms with Gasteiger partial charge in [-0.25, -0.2) is 0 Å². The zero-order valence-electron chi connectivity index (χ0n) is 10.3. The van der Waals surface area contributed by atoms with Gasteiger partial charge in [0.2, 0.25) is 5.39 Å². The van der Waals surface area contributed by atoms with Crippen LogP contribution in [0.2, 0.25) is 0 Å². The molecule has 4 heteroatoms. The fourth-order valence-corrected chi connectivity index (χ4v) is 2.41. The van der Waals surface area contributed by atoms with Crippen LogP contribution in [0.3, 0.4) is 0 Å². The lowest BCUT2D eigenvalue weighted by atomic mass is 9.99. The maximum atomic E-state index is 12.4. The lowest BCUT2D eigenvalue weighted by Gasteiger charge is -2.14. The number of ether oxygens (including phenoxy) is 1. The smallest absolute Gasteiger partial charge is 0.404 e. The summed E-state index contributed by atoms with van der Waals surface area (Å²) in [5.74, 6) is 0.435. The molecule has 0 radical (unpaired) electrons. The molecule has 0 fully saturated rings. The molecule has 0 saturated heterocycles. The molecule has 0 aliphatic heterocycles. The summed E-state index contributed by atoms with van der Waals surface area (Å²) in [6.07, 6.45) is 0. The van der Waals surface area contributed by atoms with Gasteiger partial charge in [0.05, 0.1) is 12.5 Å². The molecule has 3 aromatic rings. The second-order valence-electron chi connectivity index (χ2n) is 4.21. The van der Waals surface area contributed by atoms with Gasteiger partial charge in [-0.15, -0.1) is 0 Å². The Kier molecular flexibility index (Phi) is 2.46. The van der Waals surface area contributed by atoms with Gasteiger partial charge in [-0.05, 0) is 22.9 Å². The number of benzene rings is 3. The van der Waals surface area contributed by atoms with Gasteiger partial charge in [0, 0.05) is 0 Å². The Bertz CT molecular complexity index is 835. The number of hydrogen-bond donors (Lipinski definition) is 0. The van der Waals surface area contributed by atoms with Crippen molar-refractivity contribution in [3.05, 3.63) is 47.4 Å². The topological polar surface area (TPSA) is 60.4 Å². The fraction of sp³-hybridized carbons (Fsp3) is 0.0667. The van der Waals surface area contributed by atoms with Crippen molar-refractivity contribution in [1.29, 1.82) is 5.39 Å². The van der Waals surface area contributed by atoms with Gasteiger partial charge >= 0.3 is 5.69 Å². The van der Waals surface area contributed by atoms with Crippen LogP contribution in [0.5, 0.6) is 11.5 Å². The van der Waals surface area contributed by atoms with Crippen LogP contribution in [0.4, 0.5) is 5.69 Å². The van der Waals surface area contributed by atoms with E-state index >= 15 is 0 Å². The van der Waals surface area contributed by atoms with Crippen LogP contribution in [0.1, 0.15) is 0 Å². The van der Waals surface area contributed by atoms with Crippen LogP contribution in [-0.4, -0.2) is 7.11 Å². The lowest BCUT2D eigenvalue weighted by Crippen LogP contribution is -1.95. The van der Waals surface area contributed by atoms with Crippen molar-refractivity contribution in [2.24, 2.45) is 0 Å². The van der Waals surface area contributed by atoms with Crippen LogP contribution < -0.4 is 9.84 Å². The van der Waals surface area contributed by atoms with Crippen molar-refractivity contribution in [1.82, 2.24) is 0 Å². The SMILES string of the molecule is COc1cccc2c([O-])c3ccccc3c([N+]#N)c12. The quantitative estimate of drug-likeness (QED) is 0.490. The maximum absolute atomic E-state index is 12.4. The van der Waals surface area contributed by atoms with E-state index in [0.717, 1.165) is 0 Å². The van der Waals surface area contributed by atoms with Crippen LogP contribution in [0.15, 0.2) is 42.5 Å². The molecule has 3 aromatic carbocycles. The predicted molar refractivity (Wildman–Crippen MR) is 72.2 cm³/mol. The highest BCUT2D eigenvalue weighted by molar-refractivity contribution is 6.17. The van der Waals surface area contributed by atoms with Gasteiger partial charge in [-0.3, -0.25) is 0 Å². The van der Waals surface area contributed by atoms with E-state index in [2.05, 4.69) is 4.98 Å². The second kappa shape index (κ2) is 4.14. The second-order valence-corrected chi connectivity index (χ2v) is 4.21. The third-order valence-electron chi connectivity index (χ3n) is 3.25. The first-order chi connectivity index (χ1) is 9.27. The molecule has 0 atom stereocenters. The Morgan fingerprint density at radius 3 is 2.37 bits per heavy atom. The van der Waals surface area contributed by atoms with E-state index in [4.69, 9.17) is 4.74 Å². The number of rotatable bonds is 1. The van der Waals surface area contributed by atoms with E-state index < -0.39 is 0 Å². The first kappa shape index (κ1) is 11.3. The van der Waals surface area contributed by atoms with Crippen molar-refractivity contribution in [3.8, 4) is 11.5 Å². The highest BCUT2D eigenvalue weighted by Gasteiger charge is 2.21. The Balaban J connectivity index is 2.68. The Morgan fingerprint density at radius 2 is 1.68 bits per heavy atom. The average molecular weight is 250 g/mol. The molecular weight excluding hydrogens is 240 g/mol. The normalized spacial score (nSPS) is 10.5. The minimum absolute atomic E-state index is 0.0862. The molecule has 0 spiro atoms. The Morgan fingerprint density at radius 1 is 1.00 bits per heavy atom. The summed E-state index contributed by atoms with van der Waals surface area (Å²) in [4.78, 5) is 3.36. The van der Waals surface area contributed by atoms with E-state index in [1.807, 2.05) is 0 Å². The summed E-state index contributed by atoms with van der Waals surface area (Å²) < 4.78 is 5.26. The van der Waals surface area contributed by atoms with Gasteiger partial charge in [0.1, 0.15) is 11.1 Å². The summed E-state index contributed by atoms with van der Waals surface area (Å²) in [5, 5.41) is 23.9. The zero-order chi connectivity index (χ0) is 13.4. The molecule has 0 aliphatic carbocycles. The fourth-order valence-electron chi connectivity index (χ4n) is 2.41. The molecule has 0 amide bonds. The number of hydrogen-bond acceptors (Lipinski definition) is 3. The first-order valence-electron chi connectivity index (χ1n) is 5.81. The summed E-state index contributed by atoms with van der Waals surface area (Å²) in [5.41, 5.74) is 0.364. The largest absolute Gasteiger partial charge is 0.872 e. The van der Waals surface area contributed by atoms with Crippen molar-refractivity contribution in [2.45, 2.75) is 0 Å². The minimum Gasteiger partial charge on any atom is -0.872 e. The predicted octanol–water partition coefficient (Wildman–Crippen LogP) is 3.56. The summed E-state index contributed by atoms with van der Waals surface area (Å²) in [6, 6.07) is 12.3. The number of diazo groups is 1. The van der Waals surface area contributed by atoms with Gasteiger partial charge < -0.3 is 9.84 Å². The van der Waals surface area contributed by atoms with E-state index in [0.29, 0.717) is 33.0 Å². The molecule has 0 bridgehead atoms. The molecule has 0 N–H and O–H groups in total. The van der Waals surface area contributed by atoms with Crippen LogP contribution in [-0.2, 0) is 0 Å². The summed E-state index contributed by atoms with van der Waals surface area (Å²) >= 11 is 0. The monoisotopic (exact) mass is 250 g/mol. The van der Waals surface area contributed by atoms with Crippen molar-refractivity contribution >= 4 is 27.2 Å². The molecule has 3 rings (SSSR count). The number of nitrogens with zero attached hydrogens (tertiary/aromatic N) is 2. The Hall–Kier alpha value is -2.80. The highest BCUT2D eigenvalue weighted by Crippen LogP contribution is 2.44. The molecule has 0 saturated carbocycles. The summed E-state index contributed by atoms with van der Waals surface area (Å²) in [6.45, 7) is 0. The molecule has 0 heterocycles. The molecule has 0 unspecified atom stereocenters. The van der Waals surface area contributed by atoms with Crippen molar-refractivity contribution < 1.29 is 9.84 Å². The minimum atomic E-state index is -0.0862. The highest BCUT2D eigenvalue weighted by atomic mass is 16.5. The van der Waals surface area contributed by atoms with Crippen LogP contribution in [0, 0.1) is 5.39 Å². The lowest BCUT2D eigenvalue weighted by molar-refractivity contribution is -0.263. The van der Waals surface area contributed by atoms with E-state index in [-0.39, 0.29) is 5.75 Å². The maximum Gasteiger partial charge on any atom is 0.404 e. The zero-order valence-corrected chi connectivity index (χ0v) is 10.3. The third-order valence-corrected chi connectivity index (χ3v) is 3.25. The number of fused-ring (bicyclic) bond motifs is 2. The molecule has 19 heavy (non-hydrogen) atoms. The van der Waals surface area contributed by atoms with Crippen molar-refractivity contribution in [3.63, 3.8) is 0 Å². The van der Waals surface area contributed by atoms with Gasteiger partial charge in [0.15, 0.2) is 4.98 Å². The average Bonchev–Trinajstić information content (AvgIpc) is 2.47. The molecular formula is C15H10N2O2. The van der Waals surface area contributed by atoms with E-state index in [9.17, 15) is 10.5 Å². The van der Waals surface area contributed by atoms with Gasteiger partial charge in [0.25, 0.3) is 0 Å². The number of methoxy groups -OCH3 is 1. The van der Waals surface area contributed by atoms with E-state index in [1.165, 1.54) is 7.11 Å². The van der Waals surface area contributed by atoms with Crippen LogP contribution >= 0.6 is 0 Å².